The summed E-state index contributed by atoms with van der Waals surface area (Å²) in [6, 6.07) is 12.3. The minimum atomic E-state index is -0.297. The molecular weight excluding hydrogens is 382 g/mol. The molecule has 0 atom stereocenters. The Morgan fingerprint density at radius 2 is 2.07 bits per heavy atom. The molecule has 0 bridgehead atoms. The van der Waals surface area contributed by atoms with E-state index in [4.69, 9.17) is 21.1 Å². The molecule has 0 aliphatic carbocycles. The first-order chi connectivity index (χ1) is 13.6. The van der Waals surface area contributed by atoms with Crippen molar-refractivity contribution in [3.63, 3.8) is 0 Å². The number of rotatable bonds is 7. The second kappa shape index (κ2) is 9.43. The molecule has 148 valence electrons. The van der Waals surface area contributed by atoms with E-state index < -0.39 is 0 Å². The second-order valence-electron chi connectivity index (χ2n) is 6.23. The monoisotopic (exact) mass is 403 g/mol. The van der Waals surface area contributed by atoms with E-state index in [9.17, 15) is 9.59 Å². The van der Waals surface area contributed by atoms with Crippen LogP contribution in [0.5, 0.6) is 5.75 Å². The lowest BCUT2D eigenvalue weighted by molar-refractivity contribution is -0.120. The van der Waals surface area contributed by atoms with Crippen LogP contribution in [0.15, 0.2) is 42.5 Å². The molecule has 2 aromatic carbocycles. The van der Waals surface area contributed by atoms with Crippen molar-refractivity contribution in [3.8, 4) is 5.75 Å². The van der Waals surface area contributed by atoms with Crippen molar-refractivity contribution in [2.45, 2.75) is 0 Å². The summed E-state index contributed by atoms with van der Waals surface area (Å²) in [4.78, 5) is 26.2. The number of piperazine rings is 1. The minimum Gasteiger partial charge on any atom is -0.490 e. The largest absolute Gasteiger partial charge is 0.490 e. The molecule has 0 radical (unpaired) electrons. The van der Waals surface area contributed by atoms with Crippen molar-refractivity contribution < 1.29 is 19.1 Å². The van der Waals surface area contributed by atoms with Gasteiger partial charge in [0.15, 0.2) is 0 Å². The normalized spacial score (nSPS) is 13.8. The van der Waals surface area contributed by atoms with Gasteiger partial charge in [-0.15, -0.1) is 0 Å². The molecule has 3 rings (SSSR count). The quantitative estimate of drug-likeness (QED) is 0.694. The van der Waals surface area contributed by atoms with Crippen LogP contribution in [0, 0.1) is 0 Å². The topological polar surface area (TPSA) is 79.9 Å². The number of methoxy groups -OCH3 is 1. The Labute approximate surface area is 168 Å². The molecule has 1 heterocycles. The fraction of sp³-hybridized carbons (Fsp3) is 0.300. The van der Waals surface area contributed by atoms with E-state index in [-0.39, 0.29) is 18.4 Å². The van der Waals surface area contributed by atoms with Crippen molar-refractivity contribution in [2.75, 3.05) is 50.2 Å². The third-order valence-electron chi connectivity index (χ3n) is 4.26. The summed E-state index contributed by atoms with van der Waals surface area (Å²) in [7, 11) is 1.59. The average molecular weight is 404 g/mol. The van der Waals surface area contributed by atoms with Crippen LogP contribution < -0.4 is 20.3 Å². The Morgan fingerprint density at radius 1 is 1.25 bits per heavy atom. The molecule has 7 nitrogen and oxygen atoms in total. The van der Waals surface area contributed by atoms with Gasteiger partial charge < -0.3 is 25.0 Å². The summed E-state index contributed by atoms with van der Waals surface area (Å²) >= 11 is 6.39. The molecule has 0 saturated carbocycles. The predicted molar refractivity (Wildman–Crippen MR) is 108 cm³/mol. The number of hydrogen-bond acceptors (Lipinski definition) is 5. The summed E-state index contributed by atoms with van der Waals surface area (Å²) in [6.45, 7) is 2.31. The van der Waals surface area contributed by atoms with Crippen molar-refractivity contribution in [1.29, 1.82) is 0 Å². The molecule has 1 aliphatic rings. The Hall–Kier alpha value is -2.77. The molecule has 0 spiro atoms. The van der Waals surface area contributed by atoms with E-state index in [0.29, 0.717) is 48.3 Å². The highest BCUT2D eigenvalue weighted by atomic mass is 35.5. The summed E-state index contributed by atoms with van der Waals surface area (Å²) < 4.78 is 10.6. The van der Waals surface area contributed by atoms with Gasteiger partial charge in [-0.05, 0) is 30.3 Å². The van der Waals surface area contributed by atoms with E-state index in [2.05, 4.69) is 10.6 Å². The lowest BCUT2D eigenvalue weighted by atomic mass is 10.1. The number of anilines is 2. The van der Waals surface area contributed by atoms with Gasteiger partial charge >= 0.3 is 0 Å². The Bertz CT molecular complexity index is 859. The smallest absolute Gasteiger partial charge is 0.259 e. The average Bonchev–Trinajstić information content (AvgIpc) is 2.68. The first-order valence-electron chi connectivity index (χ1n) is 8.92. The third-order valence-corrected chi connectivity index (χ3v) is 4.56. The zero-order chi connectivity index (χ0) is 19.9. The number of carbonyl (C=O) groups is 2. The number of nitrogens with zero attached hydrogens (tertiary/aromatic N) is 1. The van der Waals surface area contributed by atoms with Crippen molar-refractivity contribution in [3.05, 3.63) is 53.1 Å². The number of benzene rings is 2. The van der Waals surface area contributed by atoms with E-state index in [1.165, 1.54) is 0 Å². The van der Waals surface area contributed by atoms with E-state index in [1.807, 2.05) is 4.90 Å². The zero-order valence-electron chi connectivity index (χ0n) is 15.5. The molecule has 2 N–H and O–H groups in total. The maximum absolute atomic E-state index is 12.7. The third kappa shape index (κ3) is 4.94. The fourth-order valence-corrected chi connectivity index (χ4v) is 3.20. The molecule has 0 aromatic heterocycles. The van der Waals surface area contributed by atoms with Crippen LogP contribution in [0.3, 0.4) is 0 Å². The van der Waals surface area contributed by atoms with Crippen LogP contribution in [-0.2, 0) is 9.53 Å². The number of nitrogens with one attached hydrogen (secondary N) is 2. The number of halogens is 1. The van der Waals surface area contributed by atoms with E-state index in [0.717, 1.165) is 5.69 Å². The van der Waals surface area contributed by atoms with Crippen LogP contribution in [0.25, 0.3) is 0 Å². The summed E-state index contributed by atoms with van der Waals surface area (Å²) in [5, 5.41) is 6.09. The maximum atomic E-state index is 12.7. The summed E-state index contributed by atoms with van der Waals surface area (Å²) in [5.74, 6) is 0.151. The molecule has 1 aliphatic heterocycles. The summed E-state index contributed by atoms with van der Waals surface area (Å²) in [6.07, 6.45) is 0. The van der Waals surface area contributed by atoms with Crippen LogP contribution in [-0.4, -0.2) is 51.8 Å². The van der Waals surface area contributed by atoms with Crippen LogP contribution in [0.2, 0.25) is 5.02 Å². The molecule has 1 saturated heterocycles. The van der Waals surface area contributed by atoms with Crippen molar-refractivity contribution in [2.24, 2.45) is 0 Å². The van der Waals surface area contributed by atoms with Gasteiger partial charge in [0.05, 0.1) is 29.4 Å². The van der Waals surface area contributed by atoms with Gasteiger partial charge in [-0.1, -0.05) is 23.7 Å². The molecule has 2 amide bonds. The minimum absolute atomic E-state index is 0.0372. The van der Waals surface area contributed by atoms with Gasteiger partial charge in [0, 0.05) is 25.9 Å². The van der Waals surface area contributed by atoms with Gasteiger partial charge in [0.1, 0.15) is 12.4 Å². The van der Waals surface area contributed by atoms with Gasteiger partial charge in [0.2, 0.25) is 5.91 Å². The van der Waals surface area contributed by atoms with Crippen LogP contribution in [0.4, 0.5) is 11.4 Å². The van der Waals surface area contributed by atoms with E-state index >= 15 is 0 Å². The lowest BCUT2D eigenvalue weighted by Crippen LogP contribution is -2.47. The standard InChI is InChI=1S/C20H22ClN3O4/c1-27-10-11-28-18-5-3-2-4-15(18)20(26)23-14-6-7-17(16(21)12-14)24-9-8-22-19(25)13-24/h2-7,12H,8-11,13H2,1H3,(H,22,25)(H,23,26). The zero-order valence-corrected chi connectivity index (χ0v) is 16.3. The molecule has 28 heavy (non-hydrogen) atoms. The molecule has 0 unspecified atom stereocenters. The van der Waals surface area contributed by atoms with Crippen LogP contribution in [0.1, 0.15) is 10.4 Å². The Kier molecular flexibility index (Phi) is 6.73. The van der Waals surface area contributed by atoms with Gasteiger partial charge in [-0.2, -0.15) is 0 Å². The fourth-order valence-electron chi connectivity index (χ4n) is 2.90. The van der Waals surface area contributed by atoms with Crippen LogP contribution >= 0.6 is 11.6 Å². The highest BCUT2D eigenvalue weighted by Gasteiger charge is 2.19. The maximum Gasteiger partial charge on any atom is 0.259 e. The molecule has 8 heteroatoms. The lowest BCUT2D eigenvalue weighted by Gasteiger charge is -2.29. The number of ether oxygens (including phenoxy) is 2. The van der Waals surface area contributed by atoms with E-state index in [1.54, 1.807) is 49.6 Å². The van der Waals surface area contributed by atoms with Crippen molar-refractivity contribution in [1.82, 2.24) is 5.32 Å². The van der Waals surface area contributed by atoms with Gasteiger partial charge in [-0.25, -0.2) is 0 Å². The SMILES string of the molecule is COCCOc1ccccc1C(=O)Nc1ccc(N2CCNC(=O)C2)c(Cl)c1. The first kappa shape index (κ1) is 20.0. The highest BCUT2D eigenvalue weighted by molar-refractivity contribution is 6.33. The first-order valence-corrected chi connectivity index (χ1v) is 9.29. The predicted octanol–water partition coefficient (Wildman–Crippen LogP) is 2.55. The molecule has 1 fully saturated rings. The second-order valence-corrected chi connectivity index (χ2v) is 6.64. The Balaban J connectivity index is 1.71. The number of para-hydroxylation sites is 1. The highest BCUT2D eigenvalue weighted by Crippen LogP contribution is 2.30. The number of carbonyl (C=O) groups excluding carboxylic acids is 2. The Morgan fingerprint density at radius 3 is 2.82 bits per heavy atom. The summed E-state index contributed by atoms with van der Waals surface area (Å²) in [5.41, 5.74) is 1.75. The van der Waals surface area contributed by atoms with Gasteiger partial charge in [-0.3, -0.25) is 9.59 Å². The van der Waals surface area contributed by atoms with Gasteiger partial charge in [0.25, 0.3) is 5.91 Å². The molecular formula is C20H22ClN3O4. The van der Waals surface area contributed by atoms with Crippen molar-refractivity contribution >= 4 is 34.8 Å². The number of hydrogen-bond donors (Lipinski definition) is 2. The molecule has 2 aromatic rings. The number of amides is 2.